The molecule has 2 aliphatic heterocycles. The van der Waals surface area contributed by atoms with E-state index in [1.165, 1.54) is 0 Å². The van der Waals surface area contributed by atoms with Gasteiger partial charge in [-0.25, -0.2) is 4.98 Å². The highest BCUT2D eigenvalue weighted by atomic mass is 16.5. The number of ether oxygens (including phenoxy) is 1. The van der Waals surface area contributed by atoms with Crippen molar-refractivity contribution in [2.24, 2.45) is 0 Å². The van der Waals surface area contributed by atoms with Gasteiger partial charge in [0.2, 0.25) is 0 Å². The molecule has 3 heterocycles. The number of hydrogen-bond donors (Lipinski definition) is 3. The van der Waals surface area contributed by atoms with Crippen molar-refractivity contribution in [1.82, 2.24) is 14.9 Å². The Morgan fingerprint density at radius 2 is 2.04 bits per heavy atom. The highest BCUT2D eigenvalue weighted by Gasteiger charge is 2.48. The summed E-state index contributed by atoms with van der Waals surface area (Å²) in [5.41, 5.74) is 0.630. The zero-order valence-corrected chi connectivity index (χ0v) is 14.5. The Labute approximate surface area is 151 Å². The number of nitrogens with zero attached hydrogens (tertiary/aromatic N) is 2. The Morgan fingerprint density at radius 1 is 1.27 bits per heavy atom. The van der Waals surface area contributed by atoms with E-state index in [0.717, 1.165) is 5.56 Å². The highest BCUT2D eigenvalue weighted by Crippen LogP contribution is 2.36. The lowest BCUT2D eigenvalue weighted by atomic mass is 9.80. The van der Waals surface area contributed by atoms with Crippen LogP contribution in [0.15, 0.2) is 36.7 Å². The van der Waals surface area contributed by atoms with Crippen molar-refractivity contribution in [3.63, 3.8) is 0 Å². The number of carbonyl (C=O) groups excluding carboxylic acids is 1. The summed E-state index contributed by atoms with van der Waals surface area (Å²) < 4.78 is 5.84. The molecule has 0 radical (unpaired) electrons. The lowest BCUT2D eigenvalue weighted by molar-refractivity contribution is -0.212. The minimum absolute atomic E-state index is 0.0577. The van der Waals surface area contributed by atoms with E-state index in [1.54, 1.807) is 23.4 Å². The largest absolute Gasteiger partial charge is 0.390 e. The van der Waals surface area contributed by atoms with Crippen LogP contribution in [0.1, 0.15) is 29.6 Å². The molecule has 1 spiro atoms. The lowest BCUT2D eigenvalue weighted by Gasteiger charge is -2.48. The Bertz CT molecular complexity index is 769. The van der Waals surface area contributed by atoms with E-state index < -0.39 is 17.8 Å². The van der Waals surface area contributed by atoms with Crippen LogP contribution in [-0.2, 0) is 4.74 Å². The zero-order chi connectivity index (χ0) is 18.1. The van der Waals surface area contributed by atoms with Crippen LogP contribution in [0, 0.1) is 0 Å². The molecule has 2 saturated heterocycles. The average molecular weight is 357 g/mol. The van der Waals surface area contributed by atoms with Crippen LogP contribution in [0.4, 0.5) is 0 Å². The molecular weight excluding hydrogens is 334 g/mol. The fourth-order valence-corrected chi connectivity index (χ4v) is 3.96. The minimum atomic E-state index is -0.899. The first kappa shape index (κ1) is 17.2. The second-order valence-electron chi connectivity index (χ2n) is 6.99. The van der Waals surface area contributed by atoms with Crippen LogP contribution in [0.2, 0.25) is 0 Å². The summed E-state index contributed by atoms with van der Waals surface area (Å²) in [5, 5.41) is 20.3. The molecule has 7 heteroatoms. The number of aromatic nitrogens is 2. The smallest absolute Gasteiger partial charge is 0.254 e. The van der Waals surface area contributed by atoms with E-state index in [4.69, 9.17) is 4.74 Å². The van der Waals surface area contributed by atoms with Crippen LogP contribution < -0.4 is 0 Å². The van der Waals surface area contributed by atoms with Crippen LogP contribution in [0.25, 0.3) is 11.4 Å². The van der Waals surface area contributed by atoms with Gasteiger partial charge in [-0.2, -0.15) is 0 Å². The molecule has 2 aliphatic rings. The minimum Gasteiger partial charge on any atom is -0.390 e. The molecule has 26 heavy (non-hydrogen) atoms. The van der Waals surface area contributed by atoms with Crippen molar-refractivity contribution in [1.29, 1.82) is 0 Å². The SMILES string of the molecule is O=C(c1ccccc1-c1ncc[nH]1)N1CCC2(CC1)OCC[C@H](O)[C@@H]2O. The summed E-state index contributed by atoms with van der Waals surface area (Å²) in [7, 11) is 0. The molecule has 4 rings (SSSR count). The van der Waals surface area contributed by atoms with Crippen LogP contribution >= 0.6 is 0 Å². The molecular formula is C19H23N3O4. The average Bonchev–Trinajstić information content (AvgIpc) is 3.21. The molecule has 138 valence electrons. The number of aromatic amines is 1. The number of rotatable bonds is 2. The second kappa shape index (κ2) is 6.83. The van der Waals surface area contributed by atoms with Gasteiger partial charge < -0.3 is 24.8 Å². The van der Waals surface area contributed by atoms with Gasteiger partial charge in [0.05, 0.1) is 23.9 Å². The summed E-state index contributed by atoms with van der Waals surface area (Å²) in [6.07, 6.45) is 3.21. The molecule has 3 N–H and O–H groups in total. The first-order chi connectivity index (χ1) is 12.6. The van der Waals surface area contributed by atoms with E-state index in [0.29, 0.717) is 50.3 Å². The maximum absolute atomic E-state index is 13.1. The van der Waals surface area contributed by atoms with Gasteiger partial charge in [-0.05, 0) is 25.3 Å². The molecule has 2 atom stereocenters. The normalized spacial score (nSPS) is 25.4. The van der Waals surface area contributed by atoms with Crippen molar-refractivity contribution < 1.29 is 19.7 Å². The highest BCUT2D eigenvalue weighted by molar-refractivity contribution is 6.00. The zero-order valence-electron chi connectivity index (χ0n) is 14.5. The van der Waals surface area contributed by atoms with E-state index in [9.17, 15) is 15.0 Å². The molecule has 0 saturated carbocycles. The topological polar surface area (TPSA) is 98.7 Å². The number of imidazole rings is 1. The maximum atomic E-state index is 13.1. The molecule has 0 bridgehead atoms. The van der Waals surface area contributed by atoms with Gasteiger partial charge in [0.15, 0.2) is 0 Å². The number of benzene rings is 1. The number of aliphatic hydroxyl groups excluding tert-OH is 2. The number of hydrogen-bond acceptors (Lipinski definition) is 5. The van der Waals surface area contributed by atoms with Gasteiger partial charge in [0.25, 0.3) is 5.91 Å². The quantitative estimate of drug-likeness (QED) is 0.750. The number of piperidine rings is 1. The Morgan fingerprint density at radius 3 is 2.77 bits per heavy atom. The summed E-state index contributed by atoms with van der Waals surface area (Å²) in [5.74, 6) is 0.606. The third-order valence-electron chi connectivity index (χ3n) is 5.51. The van der Waals surface area contributed by atoms with Gasteiger partial charge in [-0.3, -0.25) is 4.79 Å². The van der Waals surface area contributed by atoms with Crippen molar-refractivity contribution in [3.8, 4) is 11.4 Å². The van der Waals surface area contributed by atoms with Gasteiger partial charge in [0, 0.05) is 31.0 Å². The summed E-state index contributed by atoms with van der Waals surface area (Å²) in [4.78, 5) is 22.1. The van der Waals surface area contributed by atoms with Crippen LogP contribution in [0.3, 0.4) is 0 Å². The summed E-state index contributed by atoms with van der Waals surface area (Å²) in [6, 6.07) is 7.41. The molecule has 7 nitrogen and oxygen atoms in total. The molecule has 1 aromatic carbocycles. The van der Waals surface area contributed by atoms with E-state index >= 15 is 0 Å². The van der Waals surface area contributed by atoms with Gasteiger partial charge in [-0.1, -0.05) is 18.2 Å². The molecule has 2 fully saturated rings. The number of carbonyl (C=O) groups is 1. The third-order valence-corrected chi connectivity index (χ3v) is 5.51. The second-order valence-corrected chi connectivity index (χ2v) is 6.99. The van der Waals surface area contributed by atoms with E-state index in [-0.39, 0.29) is 5.91 Å². The molecule has 1 aromatic heterocycles. The number of H-pyrrole nitrogens is 1. The van der Waals surface area contributed by atoms with Crippen LogP contribution in [-0.4, -0.2) is 68.5 Å². The monoisotopic (exact) mass is 357 g/mol. The molecule has 0 aliphatic carbocycles. The third kappa shape index (κ3) is 2.92. The Balaban J connectivity index is 1.52. The number of amides is 1. The first-order valence-corrected chi connectivity index (χ1v) is 8.99. The molecule has 1 amide bonds. The van der Waals surface area contributed by atoms with Gasteiger partial charge in [0.1, 0.15) is 11.9 Å². The van der Waals surface area contributed by atoms with Crippen molar-refractivity contribution in [2.75, 3.05) is 19.7 Å². The lowest BCUT2D eigenvalue weighted by Crippen LogP contribution is -2.60. The number of aliphatic hydroxyl groups is 2. The molecule has 0 unspecified atom stereocenters. The number of nitrogens with one attached hydrogen (secondary N) is 1. The van der Waals surface area contributed by atoms with Crippen molar-refractivity contribution in [2.45, 2.75) is 37.1 Å². The number of likely N-dealkylation sites (tertiary alicyclic amines) is 1. The van der Waals surface area contributed by atoms with Gasteiger partial charge in [-0.15, -0.1) is 0 Å². The predicted octanol–water partition coefficient (Wildman–Crippen LogP) is 1.19. The standard InChI is InChI=1S/C19H23N3O4/c23-15-5-12-26-19(16(15)24)6-10-22(11-7-19)18(25)14-4-2-1-3-13(14)17-20-8-9-21-17/h1-4,8-9,15-16,23-24H,5-7,10-12H2,(H,20,21)/t15-,16-/m0/s1. The Kier molecular flexibility index (Phi) is 4.52. The maximum Gasteiger partial charge on any atom is 0.254 e. The summed E-state index contributed by atoms with van der Waals surface area (Å²) >= 11 is 0. The van der Waals surface area contributed by atoms with Crippen LogP contribution in [0.5, 0.6) is 0 Å². The molecule has 2 aromatic rings. The first-order valence-electron chi connectivity index (χ1n) is 8.99. The van der Waals surface area contributed by atoms with E-state index in [1.807, 2.05) is 18.2 Å². The fraction of sp³-hybridized carbons (Fsp3) is 0.474. The van der Waals surface area contributed by atoms with E-state index in [2.05, 4.69) is 9.97 Å². The predicted molar refractivity (Wildman–Crippen MR) is 94.5 cm³/mol. The van der Waals surface area contributed by atoms with Gasteiger partial charge >= 0.3 is 0 Å². The van der Waals surface area contributed by atoms with Crippen molar-refractivity contribution in [3.05, 3.63) is 42.2 Å². The summed E-state index contributed by atoms with van der Waals surface area (Å²) in [6.45, 7) is 1.40. The fourth-order valence-electron chi connectivity index (χ4n) is 3.96. The van der Waals surface area contributed by atoms with Crippen molar-refractivity contribution >= 4 is 5.91 Å². The Hall–Kier alpha value is -2.22.